The molecular formula is C14H23N3O3. The van der Waals surface area contributed by atoms with Gasteiger partial charge in [-0.3, -0.25) is 9.48 Å². The van der Waals surface area contributed by atoms with Gasteiger partial charge in [0, 0.05) is 19.8 Å². The molecule has 2 rings (SSSR count). The average Bonchev–Trinajstić information content (AvgIpc) is 2.87. The highest BCUT2D eigenvalue weighted by atomic mass is 16.3. The summed E-state index contributed by atoms with van der Waals surface area (Å²) in [5.74, 6) is -0.164. The minimum atomic E-state index is -0.882. The van der Waals surface area contributed by atoms with Gasteiger partial charge in [0.05, 0.1) is 23.9 Å². The molecule has 6 nitrogen and oxygen atoms in total. The average molecular weight is 281 g/mol. The summed E-state index contributed by atoms with van der Waals surface area (Å²) in [5, 5.41) is 24.1. The molecule has 1 aromatic rings. The first-order chi connectivity index (χ1) is 9.54. The standard InChI is InChI=1S/C14H23N3O3/c1-3-17-9-10(8-15-17)14(20)16(2)11-6-4-5-7-12(18)13(11)19/h8-9,11-13,18-19H,3-7H2,1-2H3/t11-,12-,13-/m1/s1. The largest absolute Gasteiger partial charge is 0.390 e. The fraction of sp³-hybridized carbons (Fsp3) is 0.714. The van der Waals surface area contributed by atoms with Gasteiger partial charge in [0.1, 0.15) is 6.10 Å². The number of likely N-dealkylation sites (N-methyl/N-ethyl adjacent to an activating group) is 1. The maximum absolute atomic E-state index is 12.4. The van der Waals surface area contributed by atoms with E-state index in [9.17, 15) is 15.0 Å². The number of hydrogen-bond donors (Lipinski definition) is 2. The van der Waals surface area contributed by atoms with Crippen molar-refractivity contribution < 1.29 is 15.0 Å². The van der Waals surface area contributed by atoms with Gasteiger partial charge in [0.2, 0.25) is 0 Å². The summed E-state index contributed by atoms with van der Waals surface area (Å²) in [5.41, 5.74) is 0.514. The van der Waals surface area contributed by atoms with Gasteiger partial charge in [-0.05, 0) is 19.8 Å². The molecule has 6 heteroatoms. The maximum atomic E-state index is 12.4. The van der Waals surface area contributed by atoms with E-state index in [-0.39, 0.29) is 11.9 Å². The molecular weight excluding hydrogens is 258 g/mol. The molecule has 0 aliphatic heterocycles. The number of aliphatic hydroxyl groups is 2. The third-order valence-electron chi connectivity index (χ3n) is 4.06. The molecule has 0 aromatic carbocycles. The zero-order valence-corrected chi connectivity index (χ0v) is 12.1. The molecule has 1 aliphatic rings. The van der Waals surface area contributed by atoms with E-state index in [1.165, 1.54) is 4.90 Å². The Bertz CT molecular complexity index is 460. The molecule has 2 N–H and O–H groups in total. The first-order valence-electron chi connectivity index (χ1n) is 7.20. The number of aromatic nitrogens is 2. The van der Waals surface area contributed by atoms with Crippen LogP contribution in [0, 0.1) is 0 Å². The van der Waals surface area contributed by atoms with E-state index >= 15 is 0 Å². The van der Waals surface area contributed by atoms with Gasteiger partial charge in [-0.25, -0.2) is 0 Å². The van der Waals surface area contributed by atoms with Crippen LogP contribution in [-0.4, -0.2) is 56.1 Å². The van der Waals surface area contributed by atoms with Crippen LogP contribution in [0.15, 0.2) is 12.4 Å². The smallest absolute Gasteiger partial charge is 0.257 e. The lowest BCUT2D eigenvalue weighted by atomic mass is 10.0. The molecule has 1 heterocycles. The van der Waals surface area contributed by atoms with E-state index < -0.39 is 12.2 Å². The van der Waals surface area contributed by atoms with E-state index in [1.54, 1.807) is 24.1 Å². The van der Waals surface area contributed by atoms with Crippen LogP contribution in [0.5, 0.6) is 0 Å². The van der Waals surface area contributed by atoms with Gasteiger partial charge in [0.15, 0.2) is 0 Å². The summed E-state index contributed by atoms with van der Waals surface area (Å²) in [4.78, 5) is 14.0. The second-order valence-electron chi connectivity index (χ2n) is 5.41. The lowest BCUT2D eigenvalue weighted by molar-refractivity contribution is -0.0255. The van der Waals surface area contributed by atoms with Crippen molar-refractivity contribution in [3.05, 3.63) is 18.0 Å². The van der Waals surface area contributed by atoms with E-state index in [0.717, 1.165) is 12.8 Å². The molecule has 1 aromatic heterocycles. The number of carbonyl (C=O) groups excluding carboxylic acids is 1. The number of rotatable bonds is 3. The third kappa shape index (κ3) is 3.02. The Morgan fingerprint density at radius 2 is 2.15 bits per heavy atom. The van der Waals surface area contributed by atoms with Crippen molar-refractivity contribution in [2.75, 3.05) is 7.05 Å². The normalized spacial score (nSPS) is 27.1. The van der Waals surface area contributed by atoms with Crippen molar-refractivity contribution in [2.24, 2.45) is 0 Å². The van der Waals surface area contributed by atoms with Gasteiger partial charge >= 0.3 is 0 Å². The maximum Gasteiger partial charge on any atom is 0.257 e. The van der Waals surface area contributed by atoms with Gasteiger partial charge in [-0.2, -0.15) is 5.10 Å². The minimum absolute atomic E-state index is 0.164. The predicted octanol–water partition coefficient (Wildman–Crippen LogP) is 0.639. The van der Waals surface area contributed by atoms with Crippen molar-refractivity contribution in [3.8, 4) is 0 Å². The van der Waals surface area contributed by atoms with E-state index in [4.69, 9.17) is 0 Å². The topological polar surface area (TPSA) is 78.6 Å². The zero-order chi connectivity index (χ0) is 14.7. The highest BCUT2D eigenvalue weighted by molar-refractivity contribution is 5.93. The second-order valence-corrected chi connectivity index (χ2v) is 5.41. The molecule has 0 radical (unpaired) electrons. The lowest BCUT2D eigenvalue weighted by Gasteiger charge is -2.32. The highest BCUT2D eigenvalue weighted by Gasteiger charge is 2.33. The zero-order valence-electron chi connectivity index (χ0n) is 12.1. The quantitative estimate of drug-likeness (QED) is 0.797. The van der Waals surface area contributed by atoms with Gasteiger partial charge in [-0.1, -0.05) is 12.8 Å². The molecule has 0 unspecified atom stereocenters. The number of nitrogens with zero attached hydrogens (tertiary/aromatic N) is 3. The molecule has 20 heavy (non-hydrogen) atoms. The Morgan fingerprint density at radius 1 is 1.45 bits per heavy atom. The fourth-order valence-corrected chi connectivity index (χ4v) is 2.73. The van der Waals surface area contributed by atoms with Gasteiger partial charge in [-0.15, -0.1) is 0 Å². The Balaban J connectivity index is 2.12. The van der Waals surface area contributed by atoms with Crippen LogP contribution in [0.3, 0.4) is 0 Å². The van der Waals surface area contributed by atoms with E-state index in [1.807, 2.05) is 6.92 Å². The fourth-order valence-electron chi connectivity index (χ4n) is 2.73. The number of carbonyl (C=O) groups is 1. The van der Waals surface area contributed by atoms with Crippen molar-refractivity contribution in [3.63, 3.8) is 0 Å². The first-order valence-corrected chi connectivity index (χ1v) is 7.20. The van der Waals surface area contributed by atoms with Crippen LogP contribution < -0.4 is 0 Å². The summed E-state index contributed by atoms with van der Waals surface area (Å²) in [6.45, 7) is 2.66. The molecule has 0 bridgehead atoms. The van der Waals surface area contributed by atoms with Crippen molar-refractivity contribution >= 4 is 5.91 Å². The van der Waals surface area contributed by atoms with E-state index in [2.05, 4.69) is 5.10 Å². The lowest BCUT2D eigenvalue weighted by Crippen LogP contribution is -2.48. The summed E-state index contributed by atoms with van der Waals surface area (Å²) >= 11 is 0. The van der Waals surface area contributed by atoms with Crippen LogP contribution >= 0.6 is 0 Å². The van der Waals surface area contributed by atoms with Gasteiger partial charge in [0.25, 0.3) is 5.91 Å². The molecule has 3 atom stereocenters. The van der Waals surface area contributed by atoms with Crippen molar-refractivity contribution in [1.82, 2.24) is 14.7 Å². The Kier molecular flexibility index (Phi) is 4.77. The second kappa shape index (κ2) is 6.37. The highest BCUT2D eigenvalue weighted by Crippen LogP contribution is 2.23. The summed E-state index contributed by atoms with van der Waals surface area (Å²) < 4.78 is 1.69. The molecule has 1 fully saturated rings. The summed E-state index contributed by atoms with van der Waals surface area (Å²) in [6, 6.07) is -0.343. The molecule has 1 amide bonds. The third-order valence-corrected chi connectivity index (χ3v) is 4.06. The van der Waals surface area contributed by atoms with E-state index in [0.29, 0.717) is 24.9 Å². The van der Waals surface area contributed by atoms with Gasteiger partial charge < -0.3 is 15.1 Å². The Hall–Kier alpha value is -1.40. The van der Waals surface area contributed by atoms with Crippen LogP contribution in [0.2, 0.25) is 0 Å². The molecule has 1 saturated carbocycles. The van der Waals surface area contributed by atoms with Crippen molar-refractivity contribution in [1.29, 1.82) is 0 Å². The number of aryl methyl sites for hydroxylation is 1. The monoisotopic (exact) mass is 281 g/mol. The Morgan fingerprint density at radius 3 is 2.80 bits per heavy atom. The minimum Gasteiger partial charge on any atom is -0.390 e. The first kappa shape index (κ1) is 15.0. The molecule has 0 spiro atoms. The number of hydrogen-bond acceptors (Lipinski definition) is 4. The van der Waals surface area contributed by atoms with Crippen LogP contribution in [0.25, 0.3) is 0 Å². The SMILES string of the molecule is CCn1cc(C(=O)N(C)[C@@H]2CCCC[C@@H](O)[C@@H]2O)cn1. The van der Waals surface area contributed by atoms with Crippen molar-refractivity contribution in [2.45, 2.75) is 57.4 Å². The Labute approximate surface area is 119 Å². The van der Waals surface area contributed by atoms with Crippen LogP contribution in [0.1, 0.15) is 43.0 Å². The molecule has 0 saturated heterocycles. The predicted molar refractivity (Wildman–Crippen MR) is 74.3 cm³/mol. The summed E-state index contributed by atoms with van der Waals surface area (Å²) in [6.07, 6.45) is 4.70. The summed E-state index contributed by atoms with van der Waals surface area (Å²) in [7, 11) is 1.68. The van der Waals surface area contributed by atoms with Crippen LogP contribution in [0.4, 0.5) is 0 Å². The molecule has 1 aliphatic carbocycles. The van der Waals surface area contributed by atoms with Crippen LogP contribution in [-0.2, 0) is 6.54 Å². The molecule has 112 valence electrons. The number of aliphatic hydroxyl groups excluding tert-OH is 2. The number of amides is 1.